The summed E-state index contributed by atoms with van der Waals surface area (Å²) < 4.78 is 7.21. The Morgan fingerprint density at radius 3 is 2.48 bits per heavy atom. The van der Waals surface area contributed by atoms with Crippen molar-refractivity contribution >= 4 is 16.7 Å². The van der Waals surface area contributed by atoms with Crippen molar-refractivity contribution in [2.75, 3.05) is 6.61 Å². The van der Waals surface area contributed by atoms with E-state index >= 15 is 0 Å². The van der Waals surface area contributed by atoms with E-state index in [1.54, 1.807) is 12.1 Å². The fourth-order valence-corrected chi connectivity index (χ4v) is 2.83. The minimum Gasteiger partial charge on any atom is -0.490 e. The number of nitrogens with zero attached hydrogens (tertiary/aromatic N) is 1. The standard InChI is InChI=1S/C20H27NO4/c1-6-7-10-25-17-14-9-8-13(2)11-15(14)18(22)21(12-20(3,4)5)16(17)19(23)24/h8-9,11H,6-7,10,12H2,1-5H3,(H,23,24). The van der Waals surface area contributed by atoms with E-state index < -0.39 is 5.97 Å². The molecule has 5 heteroatoms. The Morgan fingerprint density at radius 2 is 1.92 bits per heavy atom. The largest absolute Gasteiger partial charge is 0.490 e. The average Bonchev–Trinajstić information content (AvgIpc) is 2.50. The minimum absolute atomic E-state index is 0.0626. The molecule has 2 aromatic rings. The second kappa shape index (κ2) is 7.30. The van der Waals surface area contributed by atoms with E-state index in [4.69, 9.17) is 4.74 Å². The van der Waals surface area contributed by atoms with Crippen molar-refractivity contribution in [1.82, 2.24) is 4.57 Å². The van der Waals surface area contributed by atoms with Crippen LogP contribution in [0.5, 0.6) is 5.75 Å². The van der Waals surface area contributed by atoms with Crippen LogP contribution in [0.1, 0.15) is 56.6 Å². The molecule has 25 heavy (non-hydrogen) atoms. The van der Waals surface area contributed by atoms with Gasteiger partial charge in [-0.05, 0) is 24.8 Å². The highest BCUT2D eigenvalue weighted by atomic mass is 16.5. The van der Waals surface area contributed by atoms with Gasteiger partial charge < -0.3 is 9.84 Å². The highest BCUT2D eigenvalue weighted by Gasteiger charge is 2.26. The molecule has 0 aliphatic carbocycles. The van der Waals surface area contributed by atoms with E-state index in [1.165, 1.54) is 4.57 Å². The highest BCUT2D eigenvalue weighted by Crippen LogP contribution is 2.30. The summed E-state index contributed by atoms with van der Waals surface area (Å²) in [6, 6.07) is 5.45. The summed E-state index contributed by atoms with van der Waals surface area (Å²) in [5.74, 6) is -0.852. The summed E-state index contributed by atoms with van der Waals surface area (Å²) in [6.07, 6.45) is 1.77. The highest BCUT2D eigenvalue weighted by molar-refractivity contribution is 5.98. The predicted octanol–water partition coefficient (Wildman–Crippen LogP) is 4.23. The van der Waals surface area contributed by atoms with Crippen LogP contribution in [0.4, 0.5) is 0 Å². The molecule has 0 radical (unpaired) electrons. The van der Waals surface area contributed by atoms with Gasteiger partial charge in [0.1, 0.15) is 0 Å². The molecule has 136 valence electrons. The maximum Gasteiger partial charge on any atom is 0.356 e. The number of pyridine rings is 1. The van der Waals surface area contributed by atoms with Crippen LogP contribution in [0, 0.1) is 12.3 Å². The molecule has 0 spiro atoms. The van der Waals surface area contributed by atoms with Crippen LogP contribution in [0.15, 0.2) is 23.0 Å². The molecule has 0 bridgehead atoms. The Bertz CT molecular complexity index is 843. The number of hydrogen-bond donors (Lipinski definition) is 1. The van der Waals surface area contributed by atoms with Crippen LogP contribution < -0.4 is 10.3 Å². The maximum absolute atomic E-state index is 13.0. The normalized spacial score (nSPS) is 11.7. The zero-order valence-electron chi connectivity index (χ0n) is 15.7. The number of carboxylic acids is 1. The van der Waals surface area contributed by atoms with Gasteiger partial charge in [-0.1, -0.05) is 51.8 Å². The van der Waals surface area contributed by atoms with E-state index in [2.05, 4.69) is 0 Å². The lowest BCUT2D eigenvalue weighted by Gasteiger charge is -2.24. The number of carbonyl (C=O) groups is 1. The molecule has 1 N–H and O–H groups in total. The third-order valence-electron chi connectivity index (χ3n) is 3.96. The molecule has 0 amide bonds. The van der Waals surface area contributed by atoms with E-state index in [9.17, 15) is 14.7 Å². The van der Waals surface area contributed by atoms with Crippen LogP contribution in [-0.2, 0) is 6.54 Å². The lowest BCUT2D eigenvalue weighted by Crippen LogP contribution is -2.32. The zero-order chi connectivity index (χ0) is 18.8. The molecule has 0 saturated carbocycles. The van der Waals surface area contributed by atoms with Gasteiger partial charge in [0, 0.05) is 11.9 Å². The Morgan fingerprint density at radius 1 is 1.24 bits per heavy atom. The van der Waals surface area contributed by atoms with Crippen molar-refractivity contribution in [2.45, 2.75) is 54.0 Å². The second-order valence-corrected chi connectivity index (χ2v) is 7.69. The molecule has 1 heterocycles. The van der Waals surface area contributed by atoms with Crippen molar-refractivity contribution in [2.24, 2.45) is 5.41 Å². The fourth-order valence-electron chi connectivity index (χ4n) is 2.83. The fraction of sp³-hybridized carbons (Fsp3) is 0.500. The Balaban J connectivity index is 2.83. The van der Waals surface area contributed by atoms with Crippen molar-refractivity contribution in [3.8, 4) is 5.75 Å². The molecule has 5 nitrogen and oxygen atoms in total. The Hall–Kier alpha value is -2.30. The minimum atomic E-state index is -1.14. The topological polar surface area (TPSA) is 68.5 Å². The molecule has 0 saturated heterocycles. The lowest BCUT2D eigenvalue weighted by molar-refractivity contribution is 0.0675. The van der Waals surface area contributed by atoms with Gasteiger partial charge in [0.25, 0.3) is 5.56 Å². The van der Waals surface area contributed by atoms with Gasteiger partial charge in [-0.2, -0.15) is 0 Å². The first-order valence-corrected chi connectivity index (χ1v) is 8.69. The van der Waals surface area contributed by atoms with Crippen molar-refractivity contribution in [3.63, 3.8) is 0 Å². The summed E-state index contributed by atoms with van der Waals surface area (Å²) in [5.41, 5.74) is 0.363. The zero-order valence-corrected chi connectivity index (χ0v) is 15.7. The number of hydrogen-bond acceptors (Lipinski definition) is 3. The van der Waals surface area contributed by atoms with E-state index in [-0.39, 0.29) is 16.7 Å². The van der Waals surface area contributed by atoms with E-state index in [0.29, 0.717) is 29.7 Å². The molecule has 1 aromatic carbocycles. The first-order chi connectivity index (χ1) is 11.7. The van der Waals surface area contributed by atoms with Crippen LogP contribution in [0.25, 0.3) is 10.8 Å². The SMILES string of the molecule is CCCCOc1c(C(=O)O)n(CC(C)(C)C)c(=O)c2cc(C)ccc12. The van der Waals surface area contributed by atoms with Crippen molar-refractivity contribution in [1.29, 1.82) is 0 Å². The summed E-state index contributed by atoms with van der Waals surface area (Å²) in [7, 11) is 0. The molecule has 2 rings (SSSR count). The van der Waals surface area contributed by atoms with E-state index in [1.807, 2.05) is 40.7 Å². The third-order valence-corrected chi connectivity index (χ3v) is 3.96. The summed E-state index contributed by atoms with van der Waals surface area (Å²) >= 11 is 0. The van der Waals surface area contributed by atoms with Gasteiger partial charge in [0.15, 0.2) is 11.4 Å². The number of aromatic carboxylic acids is 1. The molecule has 0 aliphatic heterocycles. The van der Waals surface area contributed by atoms with Gasteiger partial charge in [-0.15, -0.1) is 0 Å². The lowest BCUT2D eigenvalue weighted by atomic mass is 9.96. The van der Waals surface area contributed by atoms with Gasteiger partial charge in [-0.3, -0.25) is 9.36 Å². The summed E-state index contributed by atoms with van der Waals surface area (Å²) in [4.78, 5) is 25.0. The van der Waals surface area contributed by atoms with Crippen LogP contribution in [-0.4, -0.2) is 22.2 Å². The molecular formula is C20H27NO4. The number of aryl methyl sites for hydroxylation is 1. The molecule has 0 atom stereocenters. The summed E-state index contributed by atoms with van der Waals surface area (Å²) in [5, 5.41) is 10.9. The van der Waals surface area contributed by atoms with Crippen LogP contribution in [0.3, 0.4) is 0 Å². The number of aromatic nitrogens is 1. The van der Waals surface area contributed by atoms with Crippen molar-refractivity contribution in [3.05, 3.63) is 39.8 Å². The molecule has 0 aliphatic rings. The van der Waals surface area contributed by atoms with Crippen molar-refractivity contribution < 1.29 is 14.6 Å². The number of benzene rings is 1. The third kappa shape index (κ3) is 4.21. The quantitative estimate of drug-likeness (QED) is 0.795. The smallest absolute Gasteiger partial charge is 0.356 e. The number of carboxylic acid groups (broad SMARTS) is 1. The Kier molecular flexibility index (Phi) is 5.55. The van der Waals surface area contributed by atoms with E-state index in [0.717, 1.165) is 18.4 Å². The summed E-state index contributed by atoms with van der Waals surface area (Å²) in [6.45, 7) is 10.6. The van der Waals surface area contributed by atoms with Gasteiger partial charge in [0.2, 0.25) is 0 Å². The Labute approximate surface area is 148 Å². The molecule has 0 unspecified atom stereocenters. The van der Waals surface area contributed by atoms with Gasteiger partial charge in [0.05, 0.1) is 12.0 Å². The molecule has 1 aromatic heterocycles. The van der Waals surface area contributed by atoms with Crippen LogP contribution in [0.2, 0.25) is 0 Å². The average molecular weight is 345 g/mol. The number of rotatable bonds is 6. The first-order valence-electron chi connectivity index (χ1n) is 8.69. The maximum atomic E-state index is 13.0. The predicted molar refractivity (Wildman–Crippen MR) is 99.8 cm³/mol. The second-order valence-electron chi connectivity index (χ2n) is 7.69. The van der Waals surface area contributed by atoms with Gasteiger partial charge >= 0.3 is 5.97 Å². The van der Waals surface area contributed by atoms with Gasteiger partial charge in [-0.25, -0.2) is 4.79 Å². The number of ether oxygens (including phenoxy) is 1. The van der Waals surface area contributed by atoms with Crippen LogP contribution >= 0.6 is 0 Å². The number of fused-ring (bicyclic) bond motifs is 1. The molecular weight excluding hydrogens is 318 g/mol. The molecule has 0 fully saturated rings. The first kappa shape index (κ1) is 19.0. The monoisotopic (exact) mass is 345 g/mol. The number of unbranched alkanes of at least 4 members (excludes halogenated alkanes) is 1.